The van der Waals surface area contributed by atoms with Crippen LogP contribution in [0.15, 0.2) is 18.2 Å². The van der Waals surface area contributed by atoms with Gasteiger partial charge in [-0.05, 0) is 32.9 Å². The molecule has 0 unspecified atom stereocenters. The summed E-state index contributed by atoms with van der Waals surface area (Å²) in [5.41, 5.74) is 0.986. The van der Waals surface area contributed by atoms with Crippen molar-refractivity contribution in [3.63, 3.8) is 0 Å². The van der Waals surface area contributed by atoms with E-state index in [1.165, 1.54) is 0 Å². The van der Waals surface area contributed by atoms with E-state index in [1.807, 2.05) is 39.0 Å². The second kappa shape index (κ2) is 7.45. The van der Waals surface area contributed by atoms with Gasteiger partial charge in [-0.15, -0.1) is 5.92 Å². The van der Waals surface area contributed by atoms with Crippen molar-refractivity contribution < 1.29 is 9.47 Å². The Labute approximate surface area is 103 Å². The summed E-state index contributed by atoms with van der Waals surface area (Å²) in [5.74, 6) is 7.34. The van der Waals surface area contributed by atoms with Gasteiger partial charge < -0.3 is 14.8 Å². The molecule has 1 N–H and O–H groups in total. The van der Waals surface area contributed by atoms with E-state index in [9.17, 15) is 0 Å². The lowest BCUT2D eigenvalue weighted by Crippen LogP contribution is -2.02. The first kappa shape index (κ1) is 13.2. The van der Waals surface area contributed by atoms with Crippen molar-refractivity contribution in [1.82, 2.24) is 0 Å². The fourth-order valence-electron chi connectivity index (χ4n) is 1.40. The molecule has 1 aromatic carbocycles. The maximum Gasteiger partial charge on any atom is 0.163 e. The first-order valence-electron chi connectivity index (χ1n) is 5.84. The van der Waals surface area contributed by atoms with E-state index in [0.717, 1.165) is 17.2 Å². The fourth-order valence-corrected chi connectivity index (χ4v) is 1.40. The Morgan fingerprint density at radius 3 is 2.47 bits per heavy atom. The second-order valence-corrected chi connectivity index (χ2v) is 3.31. The van der Waals surface area contributed by atoms with Crippen molar-refractivity contribution >= 4 is 5.69 Å². The van der Waals surface area contributed by atoms with Crippen LogP contribution in [0.4, 0.5) is 5.69 Å². The molecule has 92 valence electrons. The quantitative estimate of drug-likeness (QED) is 0.766. The summed E-state index contributed by atoms with van der Waals surface area (Å²) in [6, 6.07) is 5.81. The number of ether oxygens (including phenoxy) is 2. The molecular weight excluding hydrogens is 214 g/mol. The van der Waals surface area contributed by atoms with Gasteiger partial charge in [0.25, 0.3) is 0 Å². The van der Waals surface area contributed by atoms with Gasteiger partial charge in [0.15, 0.2) is 11.5 Å². The van der Waals surface area contributed by atoms with Crippen molar-refractivity contribution in [2.45, 2.75) is 20.8 Å². The summed E-state index contributed by atoms with van der Waals surface area (Å²) in [6.07, 6.45) is 0. The first-order chi connectivity index (χ1) is 8.31. The molecule has 0 aromatic heterocycles. The number of hydrogen-bond donors (Lipinski definition) is 1. The van der Waals surface area contributed by atoms with Crippen molar-refractivity contribution in [3.05, 3.63) is 18.2 Å². The van der Waals surface area contributed by atoms with Crippen LogP contribution in [0.1, 0.15) is 20.8 Å². The Hall–Kier alpha value is -1.82. The molecule has 1 aromatic rings. The molecule has 0 saturated carbocycles. The maximum atomic E-state index is 5.54. The van der Waals surface area contributed by atoms with Gasteiger partial charge in [0.2, 0.25) is 0 Å². The molecule has 17 heavy (non-hydrogen) atoms. The van der Waals surface area contributed by atoms with E-state index in [4.69, 9.17) is 9.47 Å². The Morgan fingerprint density at radius 1 is 1.12 bits per heavy atom. The van der Waals surface area contributed by atoms with Gasteiger partial charge in [-0.3, -0.25) is 0 Å². The molecule has 3 nitrogen and oxygen atoms in total. The van der Waals surface area contributed by atoms with Crippen molar-refractivity contribution in [2.75, 3.05) is 25.1 Å². The molecule has 0 amide bonds. The number of benzene rings is 1. The molecule has 0 aliphatic heterocycles. The minimum Gasteiger partial charge on any atom is -0.490 e. The monoisotopic (exact) mass is 233 g/mol. The predicted octanol–water partition coefficient (Wildman–Crippen LogP) is 2.92. The van der Waals surface area contributed by atoms with Gasteiger partial charge in [0.05, 0.1) is 19.8 Å². The molecule has 0 aliphatic rings. The van der Waals surface area contributed by atoms with Gasteiger partial charge in [0, 0.05) is 11.8 Å². The van der Waals surface area contributed by atoms with Crippen molar-refractivity contribution in [2.24, 2.45) is 0 Å². The molecule has 0 saturated heterocycles. The highest BCUT2D eigenvalue weighted by atomic mass is 16.5. The van der Waals surface area contributed by atoms with Crippen LogP contribution >= 0.6 is 0 Å². The van der Waals surface area contributed by atoms with E-state index in [1.54, 1.807) is 0 Å². The summed E-state index contributed by atoms with van der Waals surface area (Å²) in [4.78, 5) is 0. The molecule has 0 radical (unpaired) electrons. The summed E-state index contributed by atoms with van der Waals surface area (Å²) in [7, 11) is 0. The van der Waals surface area contributed by atoms with Gasteiger partial charge in [-0.25, -0.2) is 0 Å². The first-order valence-corrected chi connectivity index (χ1v) is 5.84. The summed E-state index contributed by atoms with van der Waals surface area (Å²) in [5, 5.41) is 3.20. The molecule has 0 spiro atoms. The Morgan fingerprint density at radius 2 is 1.82 bits per heavy atom. The number of nitrogens with one attached hydrogen (secondary N) is 1. The third-order valence-corrected chi connectivity index (χ3v) is 2.10. The average Bonchev–Trinajstić information content (AvgIpc) is 2.33. The Kier molecular flexibility index (Phi) is 5.81. The third-order valence-electron chi connectivity index (χ3n) is 2.10. The smallest absolute Gasteiger partial charge is 0.163 e. The normalized spacial score (nSPS) is 9.12. The van der Waals surface area contributed by atoms with Crippen LogP contribution < -0.4 is 14.8 Å². The summed E-state index contributed by atoms with van der Waals surface area (Å²) in [6.45, 7) is 7.63. The van der Waals surface area contributed by atoms with E-state index < -0.39 is 0 Å². The topological polar surface area (TPSA) is 30.5 Å². The fraction of sp³-hybridized carbons (Fsp3) is 0.429. The van der Waals surface area contributed by atoms with Crippen LogP contribution in [0.2, 0.25) is 0 Å². The Bertz CT molecular complexity index is 404. The van der Waals surface area contributed by atoms with E-state index in [0.29, 0.717) is 19.8 Å². The molecular formula is C14H19NO2. The van der Waals surface area contributed by atoms with Crippen LogP contribution in [0.25, 0.3) is 0 Å². The number of hydrogen-bond acceptors (Lipinski definition) is 3. The molecule has 0 heterocycles. The average molecular weight is 233 g/mol. The third kappa shape index (κ3) is 4.28. The van der Waals surface area contributed by atoms with Gasteiger partial charge >= 0.3 is 0 Å². The van der Waals surface area contributed by atoms with Crippen molar-refractivity contribution in [1.29, 1.82) is 0 Å². The lowest BCUT2D eigenvalue weighted by atomic mass is 10.2. The van der Waals surface area contributed by atoms with E-state index >= 15 is 0 Å². The largest absolute Gasteiger partial charge is 0.490 e. The summed E-state index contributed by atoms with van der Waals surface area (Å²) < 4.78 is 11.0. The lowest BCUT2D eigenvalue weighted by molar-refractivity contribution is 0.288. The molecule has 3 heteroatoms. The van der Waals surface area contributed by atoms with Crippen LogP contribution in [-0.2, 0) is 0 Å². The zero-order valence-corrected chi connectivity index (χ0v) is 10.7. The van der Waals surface area contributed by atoms with Crippen LogP contribution in [0, 0.1) is 11.8 Å². The van der Waals surface area contributed by atoms with Gasteiger partial charge in [-0.2, -0.15) is 0 Å². The number of anilines is 1. The predicted molar refractivity (Wildman–Crippen MR) is 70.7 cm³/mol. The van der Waals surface area contributed by atoms with Crippen LogP contribution in [-0.4, -0.2) is 19.8 Å². The molecule has 0 fully saturated rings. The minimum absolute atomic E-state index is 0.623. The van der Waals surface area contributed by atoms with Gasteiger partial charge in [0.1, 0.15) is 0 Å². The molecule has 0 atom stereocenters. The lowest BCUT2D eigenvalue weighted by Gasteiger charge is -2.12. The zero-order chi connectivity index (χ0) is 12.5. The van der Waals surface area contributed by atoms with Gasteiger partial charge in [-0.1, -0.05) is 5.92 Å². The molecule has 0 bridgehead atoms. The zero-order valence-electron chi connectivity index (χ0n) is 10.7. The highest BCUT2D eigenvalue weighted by Crippen LogP contribution is 2.30. The highest BCUT2D eigenvalue weighted by molar-refractivity contribution is 5.55. The standard InChI is InChI=1S/C14H19NO2/c1-4-7-10-15-12-8-9-13(16-5-2)14(11-12)17-6-3/h8-9,11,15H,5-6,10H2,1-3H3. The maximum absolute atomic E-state index is 5.54. The summed E-state index contributed by atoms with van der Waals surface area (Å²) >= 11 is 0. The minimum atomic E-state index is 0.623. The number of rotatable bonds is 6. The Balaban J connectivity index is 2.79. The van der Waals surface area contributed by atoms with E-state index in [-0.39, 0.29) is 0 Å². The van der Waals surface area contributed by atoms with Crippen molar-refractivity contribution in [3.8, 4) is 23.3 Å². The van der Waals surface area contributed by atoms with Crippen LogP contribution in [0.5, 0.6) is 11.5 Å². The molecule has 1 rings (SSSR count). The van der Waals surface area contributed by atoms with E-state index in [2.05, 4.69) is 17.2 Å². The highest BCUT2D eigenvalue weighted by Gasteiger charge is 2.05. The van der Waals surface area contributed by atoms with Crippen LogP contribution in [0.3, 0.4) is 0 Å². The SMILES string of the molecule is CC#CCNc1ccc(OCC)c(OCC)c1. The molecule has 0 aliphatic carbocycles. The second-order valence-electron chi connectivity index (χ2n) is 3.31.